The summed E-state index contributed by atoms with van der Waals surface area (Å²) in [5.41, 5.74) is 5.24. The number of hydrogen-bond donors (Lipinski definition) is 1. The van der Waals surface area contributed by atoms with Crippen LogP contribution in [-0.2, 0) is 19.1 Å². The van der Waals surface area contributed by atoms with Crippen LogP contribution in [0.4, 0.5) is 17.6 Å². The third kappa shape index (κ3) is 8.85. The van der Waals surface area contributed by atoms with E-state index in [2.05, 4.69) is 82.2 Å². The van der Waals surface area contributed by atoms with Crippen LogP contribution in [-0.4, -0.2) is 80.2 Å². The average molecular weight is 724 g/mol. The van der Waals surface area contributed by atoms with Crippen molar-refractivity contribution in [3.63, 3.8) is 0 Å². The second-order valence-electron chi connectivity index (χ2n) is 13.1. The molecule has 0 aliphatic carbocycles. The topological polar surface area (TPSA) is 80.3 Å². The van der Waals surface area contributed by atoms with Gasteiger partial charge in [0, 0.05) is 49.7 Å². The van der Waals surface area contributed by atoms with Gasteiger partial charge in [-0.2, -0.15) is 17.6 Å². The molecule has 12 heteroatoms. The molecular formula is C40H45F4N3O5. The SMILES string of the molecule is CCOC(=O)C1=C(C)NC(C)=C(C(=O)OCCN2CCN(C(c3ccc(C)cc3)c3ccc(C)cc3)CC2)C1c1ccccc1OC(F)(F)C(F)F. The van der Waals surface area contributed by atoms with Crippen molar-refractivity contribution in [1.29, 1.82) is 0 Å². The molecule has 8 nitrogen and oxygen atoms in total. The van der Waals surface area contributed by atoms with E-state index in [9.17, 15) is 27.2 Å². The number of dihydropyridines is 1. The fourth-order valence-corrected chi connectivity index (χ4v) is 6.76. The predicted molar refractivity (Wildman–Crippen MR) is 189 cm³/mol. The van der Waals surface area contributed by atoms with Crippen molar-refractivity contribution in [3.8, 4) is 5.75 Å². The van der Waals surface area contributed by atoms with Crippen molar-refractivity contribution >= 4 is 11.9 Å². The van der Waals surface area contributed by atoms with Crippen LogP contribution in [0.15, 0.2) is 95.3 Å². The van der Waals surface area contributed by atoms with Gasteiger partial charge in [-0.1, -0.05) is 77.9 Å². The summed E-state index contributed by atoms with van der Waals surface area (Å²) < 4.78 is 70.3. The monoisotopic (exact) mass is 723 g/mol. The van der Waals surface area contributed by atoms with E-state index in [0.717, 1.165) is 32.2 Å². The van der Waals surface area contributed by atoms with E-state index < -0.39 is 36.1 Å². The van der Waals surface area contributed by atoms with Crippen LogP contribution in [0.2, 0.25) is 0 Å². The quantitative estimate of drug-likeness (QED) is 0.146. The van der Waals surface area contributed by atoms with E-state index in [-0.39, 0.29) is 36.0 Å². The maximum Gasteiger partial charge on any atom is 0.461 e. The lowest BCUT2D eigenvalue weighted by molar-refractivity contribution is -0.253. The van der Waals surface area contributed by atoms with E-state index in [1.54, 1.807) is 20.8 Å². The molecule has 2 aliphatic rings. The average Bonchev–Trinajstić information content (AvgIpc) is 3.10. The van der Waals surface area contributed by atoms with Gasteiger partial charge < -0.3 is 19.5 Å². The van der Waals surface area contributed by atoms with Gasteiger partial charge in [-0.3, -0.25) is 9.80 Å². The molecular weight excluding hydrogens is 678 g/mol. The third-order valence-electron chi connectivity index (χ3n) is 9.40. The molecule has 2 heterocycles. The Bertz CT molecular complexity index is 1740. The molecule has 1 atom stereocenters. The van der Waals surface area contributed by atoms with Gasteiger partial charge in [0.2, 0.25) is 0 Å². The number of allylic oxidation sites excluding steroid dienone is 2. The van der Waals surface area contributed by atoms with Gasteiger partial charge in [0.25, 0.3) is 0 Å². The Morgan fingerprint density at radius 2 is 1.31 bits per heavy atom. The second-order valence-corrected chi connectivity index (χ2v) is 13.1. The minimum atomic E-state index is -4.82. The zero-order valence-electron chi connectivity index (χ0n) is 30.1. The van der Waals surface area contributed by atoms with Gasteiger partial charge in [-0.25, -0.2) is 9.59 Å². The van der Waals surface area contributed by atoms with Crippen LogP contribution in [0.1, 0.15) is 60.5 Å². The molecule has 3 aromatic rings. The first-order valence-corrected chi connectivity index (χ1v) is 17.4. The molecule has 0 bridgehead atoms. The van der Waals surface area contributed by atoms with Crippen molar-refractivity contribution in [2.45, 2.75) is 59.1 Å². The van der Waals surface area contributed by atoms with Gasteiger partial charge in [-0.15, -0.1) is 0 Å². The van der Waals surface area contributed by atoms with Crippen LogP contribution in [0, 0.1) is 13.8 Å². The molecule has 5 rings (SSSR count). The minimum absolute atomic E-state index is 0.00351. The number of carbonyl (C=O) groups is 2. The molecule has 0 radical (unpaired) electrons. The highest BCUT2D eigenvalue weighted by Crippen LogP contribution is 2.44. The zero-order chi connectivity index (χ0) is 37.6. The van der Waals surface area contributed by atoms with Crippen LogP contribution in [0.3, 0.4) is 0 Å². The molecule has 0 saturated carbocycles. The van der Waals surface area contributed by atoms with Crippen LogP contribution < -0.4 is 10.1 Å². The Kier molecular flexibility index (Phi) is 12.4. The van der Waals surface area contributed by atoms with Gasteiger partial charge in [-0.05, 0) is 51.8 Å². The summed E-state index contributed by atoms with van der Waals surface area (Å²) in [6.07, 6.45) is -8.94. The van der Waals surface area contributed by atoms with Crippen LogP contribution >= 0.6 is 0 Å². The zero-order valence-corrected chi connectivity index (χ0v) is 30.1. The fraction of sp³-hybridized carbons (Fsp3) is 0.400. The molecule has 1 unspecified atom stereocenters. The number of rotatable bonds is 13. The summed E-state index contributed by atoms with van der Waals surface area (Å²) in [5.74, 6) is -3.52. The molecule has 1 fully saturated rings. The van der Waals surface area contributed by atoms with E-state index in [1.807, 2.05) is 0 Å². The van der Waals surface area contributed by atoms with Crippen LogP contribution in [0.5, 0.6) is 5.75 Å². The summed E-state index contributed by atoms with van der Waals surface area (Å²) in [5, 5.41) is 3.01. The normalized spacial score (nSPS) is 17.4. The number of hydrogen-bond acceptors (Lipinski definition) is 8. The Hall–Kier alpha value is -4.68. The van der Waals surface area contributed by atoms with Crippen molar-refractivity contribution in [2.24, 2.45) is 0 Å². The number of carbonyl (C=O) groups excluding carboxylic acids is 2. The first kappa shape index (κ1) is 38.5. The molecule has 2 aliphatic heterocycles. The highest BCUT2D eigenvalue weighted by atomic mass is 19.3. The molecule has 1 saturated heterocycles. The number of piperazine rings is 1. The number of nitrogens with one attached hydrogen (secondary N) is 1. The van der Waals surface area contributed by atoms with E-state index >= 15 is 0 Å². The van der Waals surface area contributed by atoms with Crippen molar-refractivity contribution in [1.82, 2.24) is 15.1 Å². The second kappa shape index (κ2) is 16.8. The van der Waals surface area contributed by atoms with E-state index in [1.165, 1.54) is 40.5 Å². The van der Waals surface area contributed by atoms with E-state index in [0.29, 0.717) is 17.9 Å². The van der Waals surface area contributed by atoms with Crippen molar-refractivity contribution in [2.75, 3.05) is 45.9 Å². The highest BCUT2D eigenvalue weighted by Gasteiger charge is 2.46. The summed E-state index contributed by atoms with van der Waals surface area (Å²) in [6, 6.07) is 22.5. The number of benzene rings is 3. The summed E-state index contributed by atoms with van der Waals surface area (Å²) in [6.45, 7) is 12.4. The summed E-state index contributed by atoms with van der Waals surface area (Å²) in [4.78, 5) is 31.8. The Balaban J connectivity index is 1.31. The molecule has 52 heavy (non-hydrogen) atoms. The standard InChI is InChI=1S/C40H45F4N3O5/c1-6-50-37(48)33-27(4)45-28(5)34(35(33)31-9-7-8-10-32(31)52-40(43,44)39(41)42)38(49)51-24-23-46-19-21-47(22-20-46)36(29-15-11-25(2)12-16-29)30-17-13-26(3)14-18-30/h7-18,35-36,39,45H,6,19-24H2,1-5H3. The van der Waals surface area contributed by atoms with Gasteiger partial charge in [0.1, 0.15) is 12.4 Å². The molecule has 278 valence electrons. The van der Waals surface area contributed by atoms with Crippen LogP contribution in [0.25, 0.3) is 0 Å². The maximum absolute atomic E-state index is 14.2. The largest absolute Gasteiger partial charge is 0.463 e. The maximum atomic E-state index is 14.2. The van der Waals surface area contributed by atoms with Crippen molar-refractivity contribution < 1.29 is 41.4 Å². The minimum Gasteiger partial charge on any atom is -0.463 e. The Morgan fingerprint density at radius 1 is 0.788 bits per heavy atom. The smallest absolute Gasteiger partial charge is 0.461 e. The number of halogens is 4. The van der Waals surface area contributed by atoms with Crippen molar-refractivity contribution in [3.05, 3.63) is 123 Å². The molecule has 0 spiro atoms. The summed E-state index contributed by atoms with van der Waals surface area (Å²) in [7, 11) is 0. The lowest BCUT2D eigenvalue weighted by atomic mass is 9.80. The number of ether oxygens (including phenoxy) is 3. The predicted octanol–water partition coefficient (Wildman–Crippen LogP) is 7.29. The molecule has 0 aromatic heterocycles. The molecule has 3 aromatic carbocycles. The molecule has 0 amide bonds. The number of alkyl halides is 4. The first-order chi connectivity index (χ1) is 24.8. The van der Waals surface area contributed by atoms with Gasteiger partial charge >= 0.3 is 24.5 Å². The number of para-hydroxylation sites is 1. The van der Waals surface area contributed by atoms with Gasteiger partial charge in [0.05, 0.1) is 29.7 Å². The van der Waals surface area contributed by atoms with Gasteiger partial charge in [0.15, 0.2) is 0 Å². The molecule has 1 N–H and O–H groups in total. The lowest BCUT2D eigenvalue weighted by Crippen LogP contribution is -2.48. The Labute approximate surface area is 302 Å². The first-order valence-electron chi connectivity index (χ1n) is 17.4. The lowest BCUT2D eigenvalue weighted by Gasteiger charge is -2.39. The Morgan fingerprint density at radius 3 is 1.83 bits per heavy atom. The highest BCUT2D eigenvalue weighted by molar-refractivity contribution is 6.00. The number of aryl methyl sites for hydroxylation is 2. The third-order valence-corrected chi connectivity index (χ3v) is 9.40. The number of esters is 2. The summed E-state index contributed by atoms with van der Waals surface area (Å²) >= 11 is 0. The number of nitrogens with zero attached hydrogens (tertiary/aromatic N) is 2. The van der Waals surface area contributed by atoms with E-state index in [4.69, 9.17) is 9.47 Å². The fourth-order valence-electron chi connectivity index (χ4n) is 6.76.